The van der Waals surface area contributed by atoms with Gasteiger partial charge in [0.25, 0.3) is 5.91 Å². The monoisotopic (exact) mass is 539 g/mol. The van der Waals surface area contributed by atoms with Gasteiger partial charge in [-0.3, -0.25) is 14.7 Å². The highest BCUT2D eigenvalue weighted by atomic mass is 32.1. The number of ether oxygens (including phenoxy) is 1. The molecule has 2 saturated heterocycles. The first-order chi connectivity index (χ1) is 18.9. The second kappa shape index (κ2) is 9.40. The number of morpholine rings is 1. The summed E-state index contributed by atoms with van der Waals surface area (Å²) < 4.78 is 5.80. The van der Waals surface area contributed by atoms with E-state index in [1.165, 1.54) is 0 Å². The Morgan fingerprint density at radius 2 is 1.87 bits per heavy atom. The fourth-order valence-electron chi connectivity index (χ4n) is 6.18. The molecule has 2 aliphatic heterocycles. The number of pyridine rings is 1. The van der Waals surface area contributed by atoms with Gasteiger partial charge in [0.15, 0.2) is 0 Å². The number of thiazole rings is 1. The second-order valence-corrected chi connectivity index (χ2v) is 12.2. The molecule has 1 aliphatic carbocycles. The quantitative estimate of drug-likeness (QED) is 0.389. The smallest absolute Gasteiger partial charge is 0.252 e. The summed E-state index contributed by atoms with van der Waals surface area (Å²) in [5, 5.41) is 7.52. The Morgan fingerprint density at radius 3 is 2.59 bits per heavy atom. The first-order valence-corrected chi connectivity index (χ1v) is 14.6. The van der Waals surface area contributed by atoms with Gasteiger partial charge in [-0.25, -0.2) is 4.98 Å². The SMILES string of the molecule is Cc1ccc2c(C3(NC(=O)c4cc(N5CC6COCC(C5)N6C)ccc4C)CC3)cc(-c3nccs3)cc2n1. The van der Waals surface area contributed by atoms with Crippen LogP contribution in [0.25, 0.3) is 21.5 Å². The van der Waals surface area contributed by atoms with Crippen LogP contribution in [0.3, 0.4) is 0 Å². The Bertz CT molecular complexity index is 1550. The molecule has 4 heterocycles. The van der Waals surface area contributed by atoms with E-state index in [0.29, 0.717) is 12.1 Å². The number of fused-ring (bicyclic) bond motifs is 3. The highest BCUT2D eigenvalue weighted by Gasteiger charge is 2.47. The maximum Gasteiger partial charge on any atom is 0.252 e. The largest absolute Gasteiger partial charge is 0.378 e. The van der Waals surface area contributed by atoms with Crippen molar-refractivity contribution in [2.24, 2.45) is 0 Å². The highest BCUT2D eigenvalue weighted by molar-refractivity contribution is 7.13. The minimum absolute atomic E-state index is 0.0163. The summed E-state index contributed by atoms with van der Waals surface area (Å²) in [6.45, 7) is 7.36. The number of nitrogens with one attached hydrogen (secondary N) is 1. The number of aryl methyl sites for hydroxylation is 2. The summed E-state index contributed by atoms with van der Waals surface area (Å²) in [5.41, 5.74) is 6.55. The maximum absolute atomic E-state index is 13.9. The van der Waals surface area contributed by atoms with Gasteiger partial charge >= 0.3 is 0 Å². The van der Waals surface area contributed by atoms with Crippen molar-refractivity contribution < 1.29 is 9.53 Å². The lowest BCUT2D eigenvalue weighted by Crippen LogP contribution is -2.63. The Kier molecular flexibility index (Phi) is 5.95. The highest BCUT2D eigenvalue weighted by Crippen LogP contribution is 2.49. The van der Waals surface area contributed by atoms with Crippen LogP contribution in [0.4, 0.5) is 5.69 Å². The predicted molar refractivity (Wildman–Crippen MR) is 156 cm³/mol. The number of anilines is 1. The number of rotatable bonds is 5. The van der Waals surface area contributed by atoms with Crippen LogP contribution in [0, 0.1) is 13.8 Å². The van der Waals surface area contributed by atoms with Crippen molar-refractivity contribution >= 4 is 33.8 Å². The van der Waals surface area contributed by atoms with Crippen LogP contribution in [-0.4, -0.2) is 66.2 Å². The molecule has 1 saturated carbocycles. The van der Waals surface area contributed by atoms with Gasteiger partial charge in [-0.15, -0.1) is 11.3 Å². The molecule has 2 bridgehead atoms. The number of nitrogens with zero attached hydrogens (tertiary/aromatic N) is 4. The lowest BCUT2D eigenvalue weighted by molar-refractivity contribution is -0.0439. The van der Waals surface area contributed by atoms with Gasteiger partial charge in [-0.1, -0.05) is 12.1 Å². The number of piperazine rings is 1. The number of carbonyl (C=O) groups is 1. The standard InChI is InChI=1S/C31H33N5O2S/c1-19-4-6-22(36-15-23-17-38-18-24(16-36)35(23)3)14-26(19)29(37)34-31(8-9-31)27-12-21(30-32-10-11-39-30)13-28-25(27)7-5-20(2)33-28/h4-7,10-14,23-24H,8-9,15-18H2,1-3H3,(H,34,37). The molecule has 2 unspecified atom stereocenters. The number of hydrogen-bond acceptors (Lipinski definition) is 7. The third kappa shape index (κ3) is 4.40. The van der Waals surface area contributed by atoms with Gasteiger partial charge in [-0.2, -0.15) is 0 Å². The summed E-state index contributed by atoms with van der Waals surface area (Å²) in [6.07, 6.45) is 3.64. The van der Waals surface area contributed by atoms with Crippen molar-refractivity contribution in [2.45, 2.75) is 44.3 Å². The van der Waals surface area contributed by atoms with Gasteiger partial charge in [0.05, 0.1) is 36.4 Å². The van der Waals surface area contributed by atoms with Crippen LogP contribution in [0.1, 0.15) is 40.0 Å². The van der Waals surface area contributed by atoms with E-state index in [-0.39, 0.29) is 5.91 Å². The molecule has 2 aromatic carbocycles. The van der Waals surface area contributed by atoms with E-state index in [2.05, 4.69) is 69.6 Å². The summed E-state index contributed by atoms with van der Waals surface area (Å²) >= 11 is 1.62. The van der Waals surface area contributed by atoms with Gasteiger partial charge in [0.2, 0.25) is 0 Å². The van der Waals surface area contributed by atoms with Crippen molar-refractivity contribution in [3.05, 3.63) is 76.4 Å². The molecule has 4 aromatic rings. The predicted octanol–water partition coefficient (Wildman–Crippen LogP) is 4.91. The van der Waals surface area contributed by atoms with Crippen molar-refractivity contribution in [2.75, 3.05) is 38.3 Å². The Balaban J connectivity index is 1.21. The molecule has 8 heteroatoms. The zero-order valence-corrected chi connectivity index (χ0v) is 23.4. The normalized spacial score (nSPS) is 22.2. The molecule has 39 heavy (non-hydrogen) atoms. The van der Waals surface area contributed by atoms with Crippen LogP contribution in [0.2, 0.25) is 0 Å². The molecular weight excluding hydrogens is 506 g/mol. The lowest BCUT2D eigenvalue weighted by Gasteiger charge is -2.48. The second-order valence-electron chi connectivity index (χ2n) is 11.3. The van der Waals surface area contributed by atoms with E-state index in [1.807, 2.05) is 25.4 Å². The fourth-order valence-corrected chi connectivity index (χ4v) is 6.80. The lowest BCUT2D eigenvalue weighted by atomic mass is 9.95. The van der Waals surface area contributed by atoms with Gasteiger partial charge in [-0.05, 0) is 75.2 Å². The Hall–Kier alpha value is -3.33. The van der Waals surface area contributed by atoms with E-state index in [9.17, 15) is 4.79 Å². The molecule has 200 valence electrons. The molecule has 0 radical (unpaired) electrons. The summed E-state index contributed by atoms with van der Waals surface area (Å²) in [7, 11) is 2.20. The van der Waals surface area contributed by atoms with E-state index in [4.69, 9.17) is 9.72 Å². The number of hydrogen-bond donors (Lipinski definition) is 1. The molecule has 1 amide bonds. The van der Waals surface area contributed by atoms with Gasteiger partial charge in [0, 0.05) is 52.6 Å². The molecule has 1 N–H and O–H groups in total. The van der Waals surface area contributed by atoms with Crippen molar-refractivity contribution in [3.63, 3.8) is 0 Å². The van der Waals surface area contributed by atoms with Crippen LogP contribution in [-0.2, 0) is 10.3 Å². The molecule has 2 atom stereocenters. The zero-order chi connectivity index (χ0) is 26.7. The number of likely N-dealkylation sites (N-methyl/N-ethyl adjacent to an activating group) is 1. The zero-order valence-electron chi connectivity index (χ0n) is 22.6. The van der Waals surface area contributed by atoms with Crippen LogP contribution in [0.15, 0.2) is 54.0 Å². The minimum atomic E-state index is -0.399. The first-order valence-electron chi connectivity index (χ1n) is 13.7. The third-order valence-electron chi connectivity index (χ3n) is 8.71. The maximum atomic E-state index is 13.9. The van der Waals surface area contributed by atoms with Crippen LogP contribution in [0.5, 0.6) is 0 Å². The van der Waals surface area contributed by atoms with Crippen molar-refractivity contribution in [1.29, 1.82) is 0 Å². The molecule has 7 nitrogen and oxygen atoms in total. The molecule has 3 aliphatic rings. The van der Waals surface area contributed by atoms with Gasteiger partial charge < -0.3 is 15.0 Å². The summed E-state index contributed by atoms with van der Waals surface area (Å²) in [4.78, 5) is 28.1. The summed E-state index contributed by atoms with van der Waals surface area (Å²) in [5.74, 6) is -0.0163. The van der Waals surface area contributed by atoms with E-state index in [1.54, 1.807) is 11.3 Å². The number of amides is 1. The molecular formula is C31H33N5O2S. The third-order valence-corrected chi connectivity index (χ3v) is 9.53. The molecule has 7 rings (SSSR count). The minimum Gasteiger partial charge on any atom is -0.378 e. The number of carbonyl (C=O) groups excluding carboxylic acids is 1. The van der Waals surface area contributed by atoms with E-state index in [0.717, 1.165) is 88.7 Å². The Morgan fingerprint density at radius 1 is 1.08 bits per heavy atom. The van der Waals surface area contributed by atoms with E-state index < -0.39 is 5.54 Å². The average Bonchev–Trinajstić information content (AvgIpc) is 3.47. The molecule has 3 fully saturated rings. The fraction of sp³-hybridized carbons (Fsp3) is 0.387. The average molecular weight is 540 g/mol. The topological polar surface area (TPSA) is 70.6 Å². The first kappa shape index (κ1) is 24.7. The number of benzene rings is 2. The van der Waals surface area contributed by atoms with Gasteiger partial charge in [0.1, 0.15) is 5.01 Å². The molecule has 2 aromatic heterocycles. The Labute approximate surface area is 232 Å². The van der Waals surface area contributed by atoms with Crippen molar-refractivity contribution in [1.82, 2.24) is 20.2 Å². The van der Waals surface area contributed by atoms with Crippen LogP contribution < -0.4 is 10.2 Å². The van der Waals surface area contributed by atoms with E-state index >= 15 is 0 Å². The molecule has 0 spiro atoms. The summed E-state index contributed by atoms with van der Waals surface area (Å²) in [6, 6.07) is 15.6. The van der Waals surface area contributed by atoms with Crippen molar-refractivity contribution in [3.8, 4) is 10.6 Å². The number of aromatic nitrogens is 2. The van der Waals surface area contributed by atoms with Crippen LogP contribution >= 0.6 is 11.3 Å².